The van der Waals surface area contributed by atoms with Crippen LogP contribution in [-0.4, -0.2) is 63.9 Å². The van der Waals surface area contributed by atoms with Crippen LogP contribution >= 0.6 is 0 Å². The van der Waals surface area contributed by atoms with Crippen molar-refractivity contribution in [2.75, 3.05) is 54.1 Å². The number of methoxy groups -OCH3 is 2. The van der Waals surface area contributed by atoms with Crippen molar-refractivity contribution in [3.8, 4) is 11.5 Å². The van der Waals surface area contributed by atoms with Crippen molar-refractivity contribution >= 4 is 0 Å². The van der Waals surface area contributed by atoms with Gasteiger partial charge in [0.25, 0.3) is 0 Å². The summed E-state index contributed by atoms with van der Waals surface area (Å²) in [6, 6.07) is 15.0. The van der Waals surface area contributed by atoms with Gasteiger partial charge in [0.2, 0.25) is 0 Å². The van der Waals surface area contributed by atoms with Gasteiger partial charge in [0.1, 0.15) is 11.5 Å². The number of likely N-dealkylation sites (tertiary alicyclic amines) is 1. The highest BCUT2D eigenvalue weighted by Crippen LogP contribution is 2.24. The van der Waals surface area contributed by atoms with Crippen LogP contribution in [0.1, 0.15) is 36.5 Å². The van der Waals surface area contributed by atoms with E-state index < -0.39 is 0 Å². The molecule has 0 unspecified atom stereocenters. The van der Waals surface area contributed by atoms with Crippen molar-refractivity contribution < 1.29 is 14.2 Å². The van der Waals surface area contributed by atoms with Gasteiger partial charge >= 0.3 is 0 Å². The van der Waals surface area contributed by atoms with Gasteiger partial charge < -0.3 is 19.1 Å². The molecular formula is C27H40N2O3. The van der Waals surface area contributed by atoms with Crippen LogP contribution in [0.4, 0.5) is 0 Å². The zero-order valence-corrected chi connectivity index (χ0v) is 20.3. The first-order valence-corrected chi connectivity index (χ1v) is 11.9. The van der Waals surface area contributed by atoms with Gasteiger partial charge in [-0.25, -0.2) is 0 Å². The quantitative estimate of drug-likeness (QED) is 0.481. The zero-order chi connectivity index (χ0) is 22.8. The molecule has 0 atom stereocenters. The van der Waals surface area contributed by atoms with Crippen LogP contribution in [0, 0.1) is 5.92 Å². The van der Waals surface area contributed by atoms with Gasteiger partial charge in [-0.05, 0) is 87.6 Å². The molecule has 0 aliphatic carbocycles. The first-order valence-electron chi connectivity index (χ1n) is 11.9. The van der Waals surface area contributed by atoms with Gasteiger partial charge in [-0.3, -0.25) is 4.90 Å². The van der Waals surface area contributed by atoms with Crippen molar-refractivity contribution in [2.24, 2.45) is 5.92 Å². The summed E-state index contributed by atoms with van der Waals surface area (Å²) < 4.78 is 16.5. The lowest BCUT2D eigenvalue weighted by Gasteiger charge is -2.33. The lowest BCUT2D eigenvalue weighted by Crippen LogP contribution is -2.37. The van der Waals surface area contributed by atoms with Crippen LogP contribution < -0.4 is 9.47 Å². The number of hydrogen-bond donors (Lipinski definition) is 0. The molecule has 0 saturated carbocycles. The van der Waals surface area contributed by atoms with Gasteiger partial charge in [0.15, 0.2) is 0 Å². The second kappa shape index (κ2) is 12.8. The summed E-state index contributed by atoms with van der Waals surface area (Å²) >= 11 is 0. The summed E-state index contributed by atoms with van der Waals surface area (Å²) in [5.41, 5.74) is 3.80. The first-order chi connectivity index (χ1) is 15.6. The average Bonchev–Trinajstić information content (AvgIpc) is 2.83. The fourth-order valence-electron chi connectivity index (χ4n) is 4.44. The minimum Gasteiger partial charge on any atom is -0.497 e. The molecule has 0 bridgehead atoms. The van der Waals surface area contributed by atoms with Crippen molar-refractivity contribution in [2.45, 2.75) is 39.3 Å². The van der Waals surface area contributed by atoms with Gasteiger partial charge in [-0.1, -0.05) is 18.2 Å². The summed E-state index contributed by atoms with van der Waals surface area (Å²) in [5.74, 6) is 2.59. The molecule has 1 aliphatic rings. The first kappa shape index (κ1) is 24.6. The van der Waals surface area contributed by atoms with E-state index in [9.17, 15) is 0 Å². The predicted octanol–water partition coefficient (Wildman–Crippen LogP) is 4.63. The smallest absolute Gasteiger partial charge is 0.124 e. The molecule has 0 amide bonds. The third-order valence-corrected chi connectivity index (χ3v) is 6.44. The Morgan fingerprint density at radius 1 is 0.969 bits per heavy atom. The summed E-state index contributed by atoms with van der Waals surface area (Å²) in [6.07, 6.45) is 3.61. The highest BCUT2D eigenvalue weighted by molar-refractivity contribution is 5.37. The minimum absolute atomic E-state index is 0.592. The number of hydrogen-bond acceptors (Lipinski definition) is 5. The molecule has 1 saturated heterocycles. The van der Waals surface area contributed by atoms with Crippen molar-refractivity contribution in [1.82, 2.24) is 9.80 Å². The number of piperidine rings is 1. The fraction of sp³-hybridized carbons (Fsp3) is 0.556. The van der Waals surface area contributed by atoms with E-state index in [1.54, 1.807) is 14.2 Å². The second-order valence-electron chi connectivity index (χ2n) is 8.86. The van der Waals surface area contributed by atoms with Crippen LogP contribution in [0.15, 0.2) is 42.5 Å². The number of ether oxygens (including phenoxy) is 3. The molecule has 5 heteroatoms. The van der Waals surface area contributed by atoms with Crippen LogP contribution in [0.5, 0.6) is 11.5 Å². The topological polar surface area (TPSA) is 34.2 Å². The molecule has 1 fully saturated rings. The van der Waals surface area contributed by atoms with Gasteiger partial charge in [-0.15, -0.1) is 0 Å². The monoisotopic (exact) mass is 440 g/mol. The van der Waals surface area contributed by atoms with E-state index in [-0.39, 0.29) is 0 Å². The maximum absolute atomic E-state index is 5.67. The normalized spacial score (nSPS) is 15.3. The zero-order valence-electron chi connectivity index (χ0n) is 20.3. The molecule has 0 N–H and O–H groups in total. The number of nitrogens with zero attached hydrogens (tertiary/aromatic N) is 2. The SMILES string of the molecule is CCOCc1cc(CN(CCc2ccc(OC)cc2)CC2CCN(C)CC2)ccc1OC. The molecular weight excluding hydrogens is 400 g/mol. The van der Waals surface area contributed by atoms with Crippen LogP contribution in [-0.2, 0) is 24.3 Å². The van der Waals surface area contributed by atoms with Crippen molar-refractivity contribution in [3.05, 3.63) is 59.2 Å². The Morgan fingerprint density at radius 3 is 2.34 bits per heavy atom. The molecule has 5 nitrogen and oxygen atoms in total. The molecule has 1 aliphatic heterocycles. The second-order valence-corrected chi connectivity index (χ2v) is 8.86. The summed E-state index contributed by atoms with van der Waals surface area (Å²) in [5, 5.41) is 0. The highest BCUT2D eigenvalue weighted by atomic mass is 16.5. The lowest BCUT2D eigenvalue weighted by atomic mass is 9.96. The molecule has 32 heavy (non-hydrogen) atoms. The summed E-state index contributed by atoms with van der Waals surface area (Å²) in [7, 11) is 5.67. The Bertz CT molecular complexity index is 801. The fourth-order valence-corrected chi connectivity index (χ4v) is 4.44. The van der Waals surface area contributed by atoms with Crippen molar-refractivity contribution in [1.29, 1.82) is 0 Å². The molecule has 176 valence electrons. The molecule has 0 aromatic heterocycles. The van der Waals surface area contributed by atoms with Crippen LogP contribution in [0.3, 0.4) is 0 Å². The Labute approximate surface area is 194 Å². The van der Waals surface area contributed by atoms with Gasteiger partial charge in [-0.2, -0.15) is 0 Å². The molecule has 1 heterocycles. The highest BCUT2D eigenvalue weighted by Gasteiger charge is 2.20. The van der Waals surface area contributed by atoms with E-state index in [2.05, 4.69) is 59.3 Å². The maximum Gasteiger partial charge on any atom is 0.124 e. The molecule has 3 rings (SSSR count). The third kappa shape index (κ3) is 7.51. The summed E-state index contributed by atoms with van der Waals surface area (Å²) in [6.45, 7) is 8.88. The standard InChI is InChI=1S/C27H40N2O3/c1-5-32-21-25-18-24(8-11-27(25)31-4)20-29(19-23-12-15-28(2)16-13-23)17-14-22-6-9-26(30-3)10-7-22/h6-11,18,23H,5,12-17,19-21H2,1-4H3. The van der Waals surface area contributed by atoms with Crippen LogP contribution in [0.25, 0.3) is 0 Å². The molecule has 2 aromatic carbocycles. The predicted molar refractivity (Wildman–Crippen MR) is 131 cm³/mol. The minimum atomic E-state index is 0.592. The maximum atomic E-state index is 5.67. The van der Waals surface area contributed by atoms with Gasteiger partial charge in [0, 0.05) is 31.8 Å². The van der Waals surface area contributed by atoms with Crippen LogP contribution in [0.2, 0.25) is 0 Å². The Hall–Kier alpha value is -2.08. The summed E-state index contributed by atoms with van der Waals surface area (Å²) in [4.78, 5) is 5.08. The molecule has 0 radical (unpaired) electrons. The van der Waals surface area contributed by atoms with E-state index in [1.165, 1.54) is 37.1 Å². The van der Waals surface area contributed by atoms with Gasteiger partial charge in [0.05, 0.1) is 20.8 Å². The lowest BCUT2D eigenvalue weighted by molar-refractivity contribution is 0.131. The van der Waals surface area contributed by atoms with E-state index >= 15 is 0 Å². The molecule has 2 aromatic rings. The Kier molecular flexibility index (Phi) is 9.85. The Balaban J connectivity index is 1.69. The average molecular weight is 441 g/mol. The van der Waals surface area contributed by atoms with E-state index in [1.807, 2.05) is 6.92 Å². The van der Waals surface area contributed by atoms with E-state index in [4.69, 9.17) is 14.2 Å². The molecule has 0 spiro atoms. The Morgan fingerprint density at radius 2 is 1.69 bits per heavy atom. The van der Waals surface area contributed by atoms with E-state index in [0.29, 0.717) is 13.2 Å². The largest absolute Gasteiger partial charge is 0.497 e. The van der Waals surface area contributed by atoms with E-state index in [0.717, 1.165) is 49.0 Å². The number of rotatable bonds is 12. The number of benzene rings is 2. The van der Waals surface area contributed by atoms with Crippen molar-refractivity contribution in [3.63, 3.8) is 0 Å². The third-order valence-electron chi connectivity index (χ3n) is 6.44.